The summed E-state index contributed by atoms with van der Waals surface area (Å²) in [5.41, 5.74) is 2.42. The van der Waals surface area contributed by atoms with Crippen LogP contribution in [0.4, 0.5) is 0 Å². The number of nitrogens with zero attached hydrogens (tertiary/aromatic N) is 1. The number of likely N-dealkylation sites (N-methyl/N-ethyl adjacent to an activating group) is 1. The third-order valence-electron chi connectivity index (χ3n) is 2.79. The standard InChI is InChI=1S/C16H29NO/c1-13(2)9-8-10-14(3)11-12-17(7)15(18)16(4,5)6/h9,11H,8,10,12H2,1-7H3. The number of hydrogen-bond acceptors (Lipinski definition) is 1. The minimum Gasteiger partial charge on any atom is -0.342 e. The minimum absolute atomic E-state index is 0.191. The first kappa shape index (κ1) is 16.9. The molecule has 0 radical (unpaired) electrons. The zero-order chi connectivity index (χ0) is 14.3. The first-order chi connectivity index (χ1) is 8.14. The summed E-state index contributed by atoms with van der Waals surface area (Å²) >= 11 is 0. The van der Waals surface area contributed by atoms with Gasteiger partial charge in [0.25, 0.3) is 0 Å². The minimum atomic E-state index is -0.293. The van der Waals surface area contributed by atoms with Gasteiger partial charge in [-0.1, -0.05) is 44.1 Å². The molecule has 2 nitrogen and oxygen atoms in total. The molecule has 0 aromatic heterocycles. The zero-order valence-electron chi connectivity index (χ0n) is 13.1. The van der Waals surface area contributed by atoms with Crippen LogP contribution in [0.3, 0.4) is 0 Å². The van der Waals surface area contributed by atoms with E-state index in [4.69, 9.17) is 0 Å². The van der Waals surface area contributed by atoms with Crippen molar-refractivity contribution in [3.8, 4) is 0 Å². The van der Waals surface area contributed by atoms with Crippen molar-refractivity contribution in [2.75, 3.05) is 13.6 Å². The summed E-state index contributed by atoms with van der Waals surface area (Å²) in [6, 6.07) is 0. The molecular formula is C16H29NO. The molecule has 104 valence electrons. The lowest BCUT2D eigenvalue weighted by molar-refractivity contribution is -0.137. The van der Waals surface area contributed by atoms with E-state index in [0.717, 1.165) is 12.8 Å². The number of carbonyl (C=O) groups is 1. The van der Waals surface area contributed by atoms with Crippen LogP contribution in [-0.4, -0.2) is 24.4 Å². The number of carbonyl (C=O) groups excluding carboxylic acids is 1. The highest BCUT2D eigenvalue weighted by Crippen LogP contribution is 2.16. The molecule has 0 aliphatic rings. The lowest BCUT2D eigenvalue weighted by Crippen LogP contribution is -2.36. The van der Waals surface area contributed by atoms with Crippen molar-refractivity contribution in [2.45, 2.75) is 54.4 Å². The quantitative estimate of drug-likeness (QED) is 0.671. The molecule has 0 unspecified atom stereocenters. The van der Waals surface area contributed by atoms with Crippen LogP contribution in [0.15, 0.2) is 23.3 Å². The Labute approximate surface area is 113 Å². The number of allylic oxidation sites excluding steroid dienone is 3. The smallest absolute Gasteiger partial charge is 0.227 e. The van der Waals surface area contributed by atoms with Crippen molar-refractivity contribution in [1.29, 1.82) is 0 Å². The van der Waals surface area contributed by atoms with Gasteiger partial charge < -0.3 is 4.90 Å². The Bertz CT molecular complexity index is 327. The highest BCUT2D eigenvalue weighted by Gasteiger charge is 2.24. The maximum Gasteiger partial charge on any atom is 0.227 e. The molecular weight excluding hydrogens is 222 g/mol. The predicted octanol–water partition coefficient (Wildman–Crippen LogP) is 4.18. The van der Waals surface area contributed by atoms with Crippen LogP contribution < -0.4 is 0 Å². The first-order valence-corrected chi connectivity index (χ1v) is 6.69. The summed E-state index contributed by atoms with van der Waals surface area (Å²) in [6.45, 7) is 12.9. The Balaban J connectivity index is 4.21. The van der Waals surface area contributed by atoms with Gasteiger partial charge in [-0.05, 0) is 33.6 Å². The Morgan fingerprint density at radius 2 is 1.67 bits per heavy atom. The maximum absolute atomic E-state index is 12.0. The van der Waals surface area contributed by atoms with E-state index in [1.54, 1.807) is 4.90 Å². The van der Waals surface area contributed by atoms with Gasteiger partial charge in [0.2, 0.25) is 5.91 Å². The van der Waals surface area contributed by atoms with Crippen molar-refractivity contribution in [3.05, 3.63) is 23.3 Å². The second-order valence-corrected chi connectivity index (χ2v) is 6.31. The summed E-state index contributed by atoms with van der Waals surface area (Å²) in [4.78, 5) is 13.8. The van der Waals surface area contributed by atoms with Crippen molar-refractivity contribution in [2.24, 2.45) is 5.41 Å². The Hall–Kier alpha value is -1.05. The summed E-state index contributed by atoms with van der Waals surface area (Å²) in [5, 5.41) is 0. The van der Waals surface area contributed by atoms with E-state index in [9.17, 15) is 4.79 Å². The van der Waals surface area contributed by atoms with Gasteiger partial charge in [-0.3, -0.25) is 4.79 Å². The maximum atomic E-state index is 12.0. The fourth-order valence-corrected chi connectivity index (χ4v) is 1.64. The number of amides is 1. The molecule has 0 spiro atoms. The summed E-state index contributed by atoms with van der Waals surface area (Å²) < 4.78 is 0. The van der Waals surface area contributed by atoms with Gasteiger partial charge in [0, 0.05) is 19.0 Å². The largest absolute Gasteiger partial charge is 0.342 e. The van der Waals surface area contributed by atoms with Gasteiger partial charge in [0.15, 0.2) is 0 Å². The number of rotatable bonds is 5. The lowest BCUT2D eigenvalue weighted by Gasteiger charge is -2.25. The van der Waals surface area contributed by atoms with E-state index in [1.165, 1.54) is 11.1 Å². The molecule has 0 rings (SSSR count). The molecule has 0 bridgehead atoms. The average molecular weight is 251 g/mol. The Morgan fingerprint density at radius 1 is 1.11 bits per heavy atom. The van der Waals surface area contributed by atoms with Gasteiger partial charge in [0.1, 0.15) is 0 Å². The monoisotopic (exact) mass is 251 g/mol. The van der Waals surface area contributed by atoms with Gasteiger partial charge in [-0.2, -0.15) is 0 Å². The van der Waals surface area contributed by atoms with Crippen LogP contribution in [0, 0.1) is 5.41 Å². The molecule has 2 heteroatoms. The predicted molar refractivity (Wildman–Crippen MR) is 79.5 cm³/mol. The van der Waals surface area contributed by atoms with Crippen LogP contribution >= 0.6 is 0 Å². The van der Waals surface area contributed by atoms with E-state index < -0.39 is 0 Å². The highest BCUT2D eigenvalue weighted by molar-refractivity contribution is 5.81. The fourth-order valence-electron chi connectivity index (χ4n) is 1.64. The molecule has 1 amide bonds. The topological polar surface area (TPSA) is 20.3 Å². The fraction of sp³-hybridized carbons (Fsp3) is 0.688. The molecule has 0 aromatic rings. The molecule has 0 heterocycles. The summed E-state index contributed by atoms with van der Waals surface area (Å²) in [7, 11) is 1.87. The molecule has 0 aromatic carbocycles. The third kappa shape index (κ3) is 7.31. The van der Waals surface area contributed by atoms with Crippen LogP contribution in [0.1, 0.15) is 54.4 Å². The third-order valence-corrected chi connectivity index (χ3v) is 2.79. The van der Waals surface area contributed by atoms with Crippen molar-refractivity contribution >= 4 is 5.91 Å². The molecule has 0 saturated carbocycles. The van der Waals surface area contributed by atoms with E-state index in [-0.39, 0.29) is 11.3 Å². The average Bonchev–Trinajstić information content (AvgIpc) is 2.23. The summed E-state index contributed by atoms with van der Waals surface area (Å²) in [6.07, 6.45) is 6.56. The van der Waals surface area contributed by atoms with Gasteiger partial charge >= 0.3 is 0 Å². The molecule has 0 atom stereocenters. The van der Waals surface area contributed by atoms with Crippen LogP contribution in [0.5, 0.6) is 0 Å². The van der Waals surface area contributed by atoms with Crippen molar-refractivity contribution in [3.63, 3.8) is 0 Å². The SMILES string of the molecule is CC(C)=CCCC(C)=CCN(C)C(=O)C(C)(C)C. The molecule has 0 saturated heterocycles. The molecule has 0 aliphatic carbocycles. The van der Waals surface area contributed by atoms with Gasteiger partial charge in [-0.15, -0.1) is 0 Å². The van der Waals surface area contributed by atoms with Crippen molar-refractivity contribution < 1.29 is 4.79 Å². The van der Waals surface area contributed by atoms with E-state index in [2.05, 4.69) is 32.9 Å². The molecule has 0 fully saturated rings. The lowest BCUT2D eigenvalue weighted by atomic mass is 9.95. The van der Waals surface area contributed by atoms with Crippen LogP contribution in [0.2, 0.25) is 0 Å². The van der Waals surface area contributed by atoms with Crippen molar-refractivity contribution in [1.82, 2.24) is 4.90 Å². The molecule has 0 N–H and O–H groups in total. The second kappa shape index (κ2) is 7.40. The number of hydrogen-bond donors (Lipinski definition) is 0. The summed E-state index contributed by atoms with van der Waals surface area (Å²) in [5.74, 6) is 0.191. The van der Waals surface area contributed by atoms with Crippen LogP contribution in [0.25, 0.3) is 0 Å². The Morgan fingerprint density at radius 3 is 2.11 bits per heavy atom. The van der Waals surface area contributed by atoms with Crippen LogP contribution in [-0.2, 0) is 4.79 Å². The molecule has 18 heavy (non-hydrogen) atoms. The Kier molecular flexibility index (Phi) is 6.97. The second-order valence-electron chi connectivity index (χ2n) is 6.31. The van der Waals surface area contributed by atoms with Gasteiger partial charge in [-0.25, -0.2) is 0 Å². The highest BCUT2D eigenvalue weighted by atomic mass is 16.2. The van der Waals surface area contributed by atoms with E-state index in [1.807, 2.05) is 27.8 Å². The normalized spacial score (nSPS) is 12.3. The van der Waals surface area contributed by atoms with E-state index in [0.29, 0.717) is 6.54 Å². The first-order valence-electron chi connectivity index (χ1n) is 6.69. The zero-order valence-corrected chi connectivity index (χ0v) is 13.1. The molecule has 0 aliphatic heterocycles. The van der Waals surface area contributed by atoms with Gasteiger partial charge in [0.05, 0.1) is 0 Å². The van der Waals surface area contributed by atoms with E-state index >= 15 is 0 Å².